The van der Waals surface area contributed by atoms with Crippen LogP contribution < -0.4 is 0 Å². The first-order chi connectivity index (χ1) is 13.9. The third-order valence-electron chi connectivity index (χ3n) is 5.38. The number of hydrogen-bond acceptors (Lipinski definition) is 5. The van der Waals surface area contributed by atoms with Crippen LogP contribution in [0.3, 0.4) is 0 Å². The Morgan fingerprint density at radius 1 is 1.10 bits per heavy atom. The molecule has 1 aliphatic rings. The minimum atomic E-state index is -0.676. The number of thiophene rings is 1. The van der Waals surface area contributed by atoms with Crippen molar-refractivity contribution in [3.8, 4) is 0 Å². The van der Waals surface area contributed by atoms with Gasteiger partial charge < -0.3 is 14.4 Å². The molecule has 1 atom stereocenters. The lowest BCUT2D eigenvalue weighted by Gasteiger charge is -2.24. The number of rotatable bonds is 4. The van der Waals surface area contributed by atoms with Gasteiger partial charge in [-0.2, -0.15) is 0 Å². The number of aryl methyl sites for hydroxylation is 3. The van der Waals surface area contributed by atoms with Crippen molar-refractivity contribution in [1.82, 2.24) is 4.90 Å². The molecule has 148 valence electrons. The third kappa shape index (κ3) is 3.29. The van der Waals surface area contributed by atoms with Crippen LogP contribution in [-0.4, -0.2) is 21.7 Å². The van der Waals surface area contributed by atoms with E-state index >= 15 is 0 Å². The van der Waals surface area contributed by atoms with Crippen LogP contribution in [0.1, 0.15) is 38.9 Å². The number of Topliss-reactive ketones (excluding diaryl/α,β-unsaturated/α-hetero) is 1. The zero-order valence-corrected chi connectivity index (χ0v) is 17.2. The second kappa shape index (κ2) is 7.37. The molecule has 0 spiro atoms. The van der Waals surface area contributed by atoms with Gasteiger partial charge in [-0.15, -0.1) is 11.3 Å². The molecule has 1 N–H and O–H groups in total. The highest BCUT2D eigenvalue weighted by atomic mass is 32.1. The number of carbonyl (C=O) groups excluding carboxylic acids is 2. The quantitative estimate of drug-likeness (QED) is 0.380. The number of aliphatic hydroxyl groups excluding tert-OH is 1. The highest BCUT2D eigenvalue weighted by molar-refractivity contribution is 7.10. The molecule has 5 nitrogen and oxygen atoms in total. The summed E-state index contributed by atoms with van der Waals surface area (Å²) in [6, 6.07) is 10.3. The van der Waals surface area contributed by atoms with E-state index in [0.29, 0.717) is 11.3 Å². The Hall–Kier alpha value is -3.12. The maximum Gasteiger partial charge on any atom is 0.296 e. The molecule has 6 heteroatoms. The maximum atomic E-state index is 13.0. The molecule has 1 saturated heterocycles. The van der Waals surface area contributed by atoms with Crippen LogP contribution in [0, 0.1) is 20.8 Å². The van der Waals surface area contributed by atoms with Crippen molar-refractivity contribution in [1.29, 1.82) is 0 Å². The van der Waals surface area contributed by atoms with Gasteiger partial charge in [-0.05, 0) is 67.1 Å². The first kappa shape index (κ1) is 19.2. The second-order valence-electron chi connectivity index (χ2n) is 7.27. The van der Waals surface area contributed by atoms with Gasteiger partial charge in [0.2, 0.25) is 0 Å². The Morgan fingerprint density at radius 2 is 1.90 bits per heavy atom. The molecule has 0 aliphatic carbocycles. The Bertz CT molecular complexity index is 1120. The molecule has 0 radical (unpaired) electrons. The van der Waals surface area contributed by atoms with Gasteiger partial charge in [0.05, 0.1) is 18.4 Å². The number of furan rings is 1. The molecule has 1 amide bonds. The SMILES string of the molecule is Cc1ccc(/C(O)=C2/C(=O)C(=O)N(Cc3ccco3)C2c2sccc2C)cc1C. The highest BCUT2D eigenvalue weighted by Crippen LogP contribution is 2.43. The molecule has 29 heavy (non-hydrogen) atoms. The largest absolute Gasteiger partial charge is 0.507 e. The summed E-state index contributed by atoms with van der Waals surface area (Å²) in [4.78, 5) is 28.2. The zero-order chi connectivity index (χ0) is 20.7. The first-order valence-corrected chi connectivity index (χ1v) is 10.2. The van der Waals surface area contributed by atoms with E-state index < -0.39 is 17.7 Å². The number of ketones is 1. The predicted molar refractivity (Wildman–Crippen MR) is 112 cm³/mol. The van der Waals surface area contributed by atoms with Crippen molar-refractivity contribution in [3.05, 3.63) is 86.5 Å². The van der Waals surface area contributed by atoms with E-state index in [1.807, 2.05) is 44.4 Å². The predicted octanol–water partition coefficient (Wildman–Crippen LogP) is 4.89. The zero-order valence-electron chi connectivity index (χ0n) is 16.4. The summed E-state index contributed by atoms with van der Waals surface area (Å²) in [6.45, 7) is 6.02. The summed E-state index contributed by atoms with van der Waals surface area (Å²) in [7, 11) is 0. The summed E-state index contributed by atoms with van der Waals surface area (Å²) >= 11 is 1.47. The van der Waals surface area contributed by atoms with Gasteiger partial charge >= 0.3 is 0 Å². The van der Waals surface area contributed by atoms with Gasteiger partial charge in [0.15, 0.2) is 0 Å². The van der Waals surface area contributed by atoms with E-state index in [2.05, 4.69) is 0 Å². The van der Waals surface area contributed by atoms with Crippen LogP contribution in [0.2, 0.25) is 0 Å². The summed E-state index contributed by atoms with van der Waals surface area (Å²) in [6.07, 6.45) is 1.53. The van der Waals surface area contributed by atoms with Crippen LogP contribution in [0.5, 0.6) is 0 Å². The Balaban J connectivity index is 1.88. The topological polar surface area (TPSA) is 70.8 Å². The summed E-state index contributed by atoms with van der Waals surface area (Å²) in [5.74, 6) is -0.877. The van der Waals surface area contributed by atoms with Crippen molar-refractivity contribution in [2.24, 2.45) is 0 Å². The fourth-order valence-corrected chi connectivity index (χ4v) is 4.64. The lowest BCUT2D eigenvalue weighted by molar-refractivity contribution is -0.140. The molecular weight excluding hydrogens is 386 g/mol. The van der Waals surface area contributed by atoms with Crippen molar-refractivity contribution in [3.63, 3.8) is 0 Å². The van der Waals surface area contributed by atoms with Crippen molar-refractivity contribution in [2.75, 3.05) is 0 Å². The summed E-state index contributed by atoms with van der Waals surface area (Å²) < 4.78 is 5.40. The minimum absolute atomic E-state index is 0.121. The lowest BCUT2D eigenvalue weighted by Crippen LogP contribution is -2.28. The molecule has 2 aromatic heterocycles. The minimum Gasteiger partial charge on any atom is -0.507 e. The van der Waals surface area contributed by atoms with Crippen LogP contribution in [-0.2, 0) is 16.1 Å². The van der Waals surface area contributed by atoms with E-state index in [1.54, 1.807) is 18.2 Å². The Labute approximate surface area is 172 Å². The standard InChI is InChI=1S/C23H21NO4S/c1-13-6-7-16(11-15(13)3)20(25)18-19(22-14(2)8-10-29-22)24(23(27)21(18)26)12-17-5-4-9-28-17/h4-11,19,25H,12H2,1-3H3/b20-18-. The smallest absolute Gasteiger partial charge is 0.296 e. The van der Waals surface area contributed by atoms with Gasteiger partial charge in [-0.1, -0.05) is 12.1 Å². The van der Waals surface area contributed by atoms with Gasteiger partial charge in [0.1, 0.15) is 17.6 Å². The lowest BCUT2D eigenvalue weighted by atomic mass is 9.96. The molecule has 0 saturated carbocycles. The number of benzene rings is 1. The normalized spacial score (nSPS) is 18.6. The molecule has 1 unspecified atom stereocenters. The molecule has 0 bridgehead atoms. The Kier molecular flexibility index (Phi) is 4.88. The molecule has 1 aliphatic heterocycles. The van der Waals surface area contributed by atoms with Gasteiger partial charge in [-0.3, -0.25) is 9.59 Å². The third-order valence-corrected chi connectivity index (χ3v) is 6.45. The summed E-state index contributed by atoms with van der Waals surface area (Å²) in [5.41, 5.74) is 3.71. The van der Waals surface area contributed by atoms with Crippen LogP contribution >= 0.6 is 11.3 Å². The van der Waals surface area contributed by atoms with Crippen LogP contribution in [0.4, 0.5) is 0 Å². The maximum absolute atomic E-state index is 13.0. The molecule has 4 rings (SSSR count). The number of amides is 1. The Morgan fingerprint density at radius 3 is 2.52 bits per heavy atom. The summed E-state index contributed by atoms with van der Waals surface area (Å²) in [5, 5.41) is 13.0. The average molecular weight is 407 g/mol. The van der Waals surface area contributed by atoms with Crippen molar-refractivity contribution in [2.45, 2.75) is 33.4 Å². The van der Waals surface area contributed by atoms with E-state index in [0.717, 1.165) is 21.6 Å². The first-order valence-electron chi connectivity index (χ1n) is 9.31. The van der Waals surface area contributed by atoms with Crippen LogP contribution in [0.25, 0.3) is 5.76 Å². The number of hydrogen-bond donors (Lipinski definition) is 1. The van der Waals surface area contributed by atoms with E-state index in [1.165, 1.54) is 22.5 Å². The molecule has 1 fully saturated rings. The highest BCUT2D eigenvalue weighted by Gasteiger charge is 2.47. The second-order valence-corrected chi connectivity index (χ2v) is 8.22. The molecular formula is C23H21NO4S. The number of nitrogens with zero attached hydrogens (tertiary/aromatic N) is 1. The number of carbonyl (C=O) groups is 2. The number of aliphatic hydroxyl groups is 1. The molecule has 1 aromatic carbocycles. The van der Waals surface area contributed by atoms with Crippen LogP contribution in [0.15, 0.2) is 58.0 Å². The van der Waals surface area contributed by atoms with Gasteiger partial charge in [0, 0.05) is 10.4 Å². The van der Waals surface area contributed by atoms with Crippen molar-refractivity contribution >= 4 is 28.8 Å². The van der Waals surface area contributed by atoms with E-state index in [9.17, 15) is 14.7 Å². The monoisotopic (exact) mass is 407 g/mol. The fraction of sp³-hybridized carbons (Fsp3) is 0.217. The van der Waals surface area contributed by atoms with E-state index in [-0.39, 0.29) is 17.9 Å². The molecule has 3 heterocycles. The fourth-order valence-electron chi connectivity index (χ4n) is 3.59. The van der Waals surface area contributed by atoms with E-state index in [4.69, 9.17) is 4.42 Å². The van der Waals surface area contributed by atoms with Gasteiger partial charge in [0.25, 0.3) is 11.7 Å². The van der Waals surface area contributed by atoms with Crippen molar-refractivity contribution < 1.29 is 19.1 Å². The number of likely N-dealkylation sites (tertiary alicyclic amines) is 1. The average Bonchev–Trinajstić information content (AvgIpc) is 3.41. The molecule has 3 aromatic rings. The van der Waals surface area contributed by atoms with Gasteiger partial charge in [-0.25, -0.2) is 0 Å².